The van der Waals surface area contributed by atoms with Crippen molar-refractivity contribution in [2.24, 2.45) is 5.41 Å². The molecule has 0 heterocycles. The highest BCUT2D eigenvalue weighted by molar-refractivity contribution is 5.76. The third kappa shape index (κ3) is 12.5. The number of unbranched alkanes of at least 4 members (excludes halogenated alkanes) is 10. The van der Waals surface area contributed by atoms with E-state index in [1.165, 1.54) is 71.3 Å². The molecule has 0 aromatic rings. The fourth-order valence-electron chi connectivity index (χ4n) is 3.17. The van der Waals surface area contributed by atoms with Gasteiger partial charge >= 0.3 is 5.97 Å². The van der Waals surface area contributed by atoms with E-state index in [1.807, 2.05) is 0 Å². The van der Waals surface area contributed by atoms with E-state index in [9.17, 15) is 4.79 Å². The van der Waals surface area contributed by atoms with Crippen LogP contribution in [0.3, 0.4) is 0 Å². The summed E-state index contributed by atoms with van der Waals surface area (Å²) in [4.78, 5) is 12.1. The molecule has 0 fully saturated rings. The molecular weight excluding hydrogens is 286 g/mol. The molecule has 0 radical (unpaired) electrons. The van der Waals surface area contributed by atoms with E-state index in [-0.39, 0.29) is 17.5 Å². The van der Waals surface area contributed by atoms with Crippen LogP contribution in [-0.2, 0) is 9.53 Å². The van der Waals surface area contributed by atoms with Gasteiger partial charge in [0, 0.05) is 0 Å². The first-order valence-corrected chi connectivity index (χ1v) is 9.69. The maximum Gasteiger partial charge on any atom is 0.311 e. The Morgan fingerprint density at radius 2 is 1.09 bits per heavy atom. The van der Waals surface area contributed by atoms with Crippen molar-refractivity contribution >= 4 is 5.97 Å². The van der Waals surface area contributed by atoms with Gasteiger partial charge in [0.1, 0.15) is 0 Å². The molecule has 0 aliphatic rings. The van der Waals surface area contributed by atoms with Crippen LogP contribution in [0.2, 0.25) is 0 Å². The Bertz CT molecular complexity index is 250. The van der Waals surface area contributed by atoms with Crippen LogP contribution >= 0.6 is 0 Å². The van der Waals surface area contributed by atoms with Crippen molar-refractivity contribution in [1.82, 2.24) is 6.15 Å². The van der Waals surface area contributed by atoms with E-state index in [2.05, 4.69) is 20.8 Å². The quantitative estimate of drug-likeness (QED) is 0.264. The number of hydrogen-bond acceptors (Lipinski definition) is 3. The molecule has 23 heavy (non-hydrogen) atoms. The van der Waals surface area contributed by atoms with Gasteiger partial charge in [-0.05, 0) is 19.8 Å². The Kier molecular flexibility index (Phi) is 17.5. The topological polar surface area (TPSA) is 61.3 Å². The Morgan fingerprint density at radius 3 is 1.43 bits per heavy atom. The average molecular weight is 330 g/mol. The lowest BCUT2D eigenvalue weighted by molar-refractivity contribution is -0.152. The second kappa shape index (κ2) is 16.3. The molecule has 0 aliphatic heterocycles. The molecule has 0 amide bonds. The first kappa shape index (κ1) is 24.7. The average Bonchev–Trinajstić information content (AvgIpc) is 2.53. The number of esters is 1. The van der Waals surface area contributed by atoms with Crippen LogP contribution in [0.15, 0.2) is 0 Å². The maximum atomic E-state index is 12.1. The molecule has 3 heteroatoms. The minimum atomic E-state index is -0.260. The minimum absolute atomic E-state index is 0. The van der Waals surface area contributed by atoms with E-state index in [0.717, 1.165) is 25.7 Å². The molecule has 0 atom stereocenters. The summed E-state index contributed by atoms with van der Waals surface area (Å²) >= 11 is 0. The Hall–Kier alpha value is -0.570. The van der Waals surface area contributed by atoms with Crippen molar-refractivity contribution in [2.75, 3.05) is 7.11 Å². The van der Waals surface area contributed by atoms with E-state index in [4.69, 9.17) is 4.74 Å². The summed E-state index contributed by atoms with van der Waals surface area (Å²) < 4.78 is 5.07. The summed E-state index contributed by atoms with van der Waals surface area (Å²) in [7, 11) is 1.53. The van der Waals surface area contributed by atoms with Gasteiger partial charge in [-0.1, -0.05) is 90.9 Å². The molecule has 3 N–H and O–H groups in total. The first-order chi connectivity index (χ1) is 10.6. The second-order valence-electron chi connectivity index (χ2n) is 7.09. The minimum Gasteiger partial charge on any atom is -0.469 e. The molecular formula is C20H43NO2. The van der Waals surface area contributed by atoms with Crippen LogP contribution in [0.4, 0.5) is 0 Å². The van der Waals surface area contributed by atoms with Gasteiger partial charge in [-0.2, -0.15) is 0 Å². The van der Waals surface area contributed by atoms with Crippen molar-refractivity contribution in [3.8, 4) is 0 Å². The summed E-state index contributed by atoms with van der Waals surface area (Å²) in [5, 5.41) is 0. The number of carbonyl (C=O) groups excluding carboxylic acids is 1. The molecule has 0 bridgehead atoms. The molecule has 3 nitrogen and oxygen atoms in total. The second-order valence-corrected chi connectivity index (χ2v) is 7.09. The van der Waals surface area contributed by atoms with Crippen LogP contribution in [0.25, 0.3) is 0 Å². The molecule has 0 aromatic heterocycles. The van der Waals surface area contributed by atoms with Gasteiger partial charge in [-0.3, -0.25) is 4.79 Å². The van der Waals surface area contributed by atoms with Crippen LogP contribution in [0.5, 0.6) is 0 Å². The maximum absolute atomic E-state index is 12.1. The number of hydrogen-bond donors (Lipinski definition) is 1. The van der Waals surface area contributed by atoms with Gasteiger partial charge in [-0.15, -0.1) is 0 Å². The summed E-state index contributed by atoms with van der Waals surface area (Å²) in [5.74, 6) is -0.00498. The largest absolute Gasteiger partial charge is 0.469 e. The van der Waals surface area contributed by atoms with Crippen molar-refractivity contribution < 1.29 is 9.53 Å². The zero-order valence-corrected chi connectivity index (χ0v) is 16.4. The highest BCUT2D eigenvalue weighted by atomic mass is 16.5. The molecule has 0 rings (SSSR count). The number of ether oxygens (including phenoxy) is 1. The lowest BCUT2D eigenvalue weighted by atomic mass is 9.79. The van der Waals surface area contributed by atoms with E-state index >= 15 is 0 Å². The fraction of sp³-hybridized carbons (Fsp3) is 0.950. The fourth-order valence-corrected chi connectivity index (χ4v) is 3.17. The highest BCUT2D eigenvalue weighted by Gasteiger charge is 2.32. The number of rotatable bonds is 15. The first-order valence-electron chi connectivity index (χ1n) is 9.69. The predicted molar refractivity (Wildman–Crippen MR) is 101 cm³/mol. The van der Waals surface area contributed by atoms with Crippen molar-refractivity contribution in [1.29, 1.82) is 0 Å². The zero-order valence-electron chi connectivity index (χ0n) is 16.4. The Balaban J connectivity index is 0. The van der Waals surface area contributed by atoms with E-state index in [1.54, 1.807) is 0 Å². The molecule has 0 spiro atoms. The van der Waals surface area contributed by atoms with Crippen molar-refractivity contribution in [3.05, 3.63) is 0 Å². The van der Waals surface area contributed by atoms with Crippen LogP contribution < -0.4 is 6.15 Å². The van der Waals surface area contributed by atoms with Crippen LogP contribution in [-0.4, -0.2) is 13.1 Å². The molecule has 0 saturated carbocycles. The lowest BCUT2D eigenvalue weighted by Crippen LogP contribution is -2.29. The van der Waals surface area contributed by atoms with Gasteiger partial charge in [0.25, 0.3) is 0 Å². The summed E-state index contributed by atoms with van der Waals surface area (Å²) in [6.45, 7) is 6.60. The standard InChI is InChI=1S/C20H40O2.H3N/c1-5-7-9-11-13-15-17-20(3,19(21)22-4)18-16-14-12-10-8-6-2;/h5-18H2,1-4H3;1H3. The predicted octanol–water partition coefficient (Wildman–Crippen LogP) is 6.83. The van der Waals surface area contributed by atoms with Gasteiger partial charge < -0.3 is 10.9 Å². The third-order valence-corrected chi connectivity index (χ3v) is 4.84. The monoisotopic (exact) mass is 329 g/mol. The van der Waals surface area contributed by atoms with Gasteiger partial charge in [0.2, 0.25) is 0 Å². The SMILES string of the molecule is CCCCCCCCC(C)(CCCCCCCC)C(=O)OC.N. The zero-order chi connectivity index (χ0) is 16.7. The van der Waals surface area contributed by atoms with Gasteiger partial charge in [-0.25, -0.2) is 0 Å². The number of methoxy groups -OCH3 is 1. The number of carbonyl (C=O) groups is 1. The molecule has 0 aliphatic carbocycles. The molecule has 0 unspecified atom stereocenters. The van der Waals surface area contributed by atoms with Crippen molar-refractivity contribution in [3.63, 3.8) is 0 Å². The summed E-state index contributed by atoms with van der Waals surface area (Å²) in [5.41, 5.74) is -0.260. The normalized spacial score (nSPS) is 11.1. The highest BCUT2D eigenvalue weighted by Crippen LogP contribution is 2.32. The smallest absolute Gasteiger partial charge is 0.311 e. The van der Waals surface area contributed by atoms with Crippen molar-refractivity contribution in [2.45, 2.75) is 111 Å². The molecule has 0 saturated heterocycles. The van der Waals surface area contributed by atoms with Gasteiger partial charge in [0.15, 0.2) is 0 Å². The van der Waals surface area contributed by atoms with Crippen LogP contribution in [0, 0.1) is 5.41 Å². The van der Waals surface area contributed by atoms with Gasteiger partial charge in [0.05, 0.1) is 12.5 Å². The lowest BCUT2D eigenvalue weighted by Gasteiger charge is -2.26. The Labute approximate surface area is 145 Å². The Morgan fingerprint density at radius 1 is 0.739 bits per heavy atom. The summed E-state index contributed by atoms with van der Waals surface area (Å²) in [6, 6.07) is 0. The van der Waals surface area contributed by atoms with Crippen LogP contribution in [0.1, 0.15) is 111 Å². The molecule has 0 aromatic carbocycles. The third-order valence-electron chi connectivity index (χ3n) is 4.84. The van der Waals surface area contributed by atoms with E-state index in [0.29, 0.717) is 0 Å². The van der Waals surface area contributed by atoms with E-state index < -0.39 is 0 Å². The molecule has 140 valence electrons. The summed E-state index contributed by atoms with van der Waals surface area (Å²) in [6.07, 6.45) is 17.3.